The average molecular weight is 196 g/mol. The van der Waals surface area contributed by atoms with Crippen LogP contribution >= 0.6 is 0 Å². The first-order valence-electron chi connectivity index (χ1n) is 4.20. The predicted octanol–water partition coefficient (Wildman–Crippen LogP) is 1.10. The van der Waals surface area contributed by atoms with Gasteiger partial charge >= 0.3 is 0 Å². The summed E-state index contributed by atoms with van der Waals surface area (Å²) >= 11 is 0. The number of hydrogen-bond donors (Lipinski definition) is 1. The molecule has 0 saturated heterocycles. The Hall–Kier alpha value is -1.62. The van der Waals surface area contributed by atoms with Crippen LogP contribution < -0.4 is 10.5 Å². The van der Waals surface area contributed by atoms with Crippen LogP contribution in [0.1, 0.15) is 5.56 Å². The van der Waals surface area contributed by atoms with Gasteiger partial charge in [-0.2, -0.15) is 0 Å². The Bertz CT molecular complexity index is 339. The zero-order chi connectivity index (χ0) is 10.6. The van der Waals surface area contributed by atoms with Crippen LogP contribution in [-0.2, 0) is 6.42 Å². The molecular weight excluding hydrogens is 184 g/mol. The van der Waals surface area contributed by atoms with Gasteiger partial charge in [0.1, 0.15) is 5.75 Å². The number of methoxy groups -OCH3 is 1. The lowest BCUT2D eigenvalue weighted by atomic mass is 10.1. The fourth-order valence-electron chi connectivity index (χ4n) is 1.21. The first-order chi connectivity index (χ1) is 6.69. The number of ether oxygens (including phenoxy) is 1. The van der Waals surface area contributed by atoms with Gasteiger partial charge in [-0.3, -0.25) is 10.1 Å². The third kappa shape index (κ3) is 2.20. The Balaban J connectivity index is 3.04. The maximum atomic E-state index is 10.5. The first-order valence-corrected chi connectivity index (χ1v) is 4.20. The fourth-order valence-corrected chi connectivity index (χ4v) is 1.21. The van der Waals surface area contributed by atoms with E-state index in [4.69, 9.17) is 10.5 Å². The normalized spacial score (nSPS) is 9.86. The van der Waals surface area contributed by atoms with Crippen molar-refractivity contribution in [2.24, 2.45) is 5.73 Å². The minimum Gasteiger partial charge on any atom is -0.496 e. The van der Waals surface area contributed by atoms with Gasteiger partial charge in [-0.05, 0) is 24.6 Å². The molecule has 0 aliphatic heterocycles. The Labute approximate surface area is 81.6 Å². The van der Waals surface area contributed by atoms with Gasteiger partial charge < -0.3 is 10.5 Å². The largest absolute Gasteiger partial charge is 0.496 e. The van der Waals surface area contributed by atoms with Gasteiger partial charge in [-0.15, -0.1) is 0 Å². The summed E-state index contributed by atoms with van der Waals surface area (Å²) in [6.45, 7) is 0.494. The van der Waals surface area contributed by atoms with Crippen LogP contribution in [0.4, 0.5) is 5.69 Å². The van der Waals surface area contributed by atoms with Crippen LogP contribution in [0.25, 0.3) is 0 Å². The highest BCUT2D eigenvalue weighted by Crippen LogP contribution is 2.24. The zero-order valence-corrected chi connectivity index (χ0v) is 7.90. The molecule has 0 aliphatic carbocycles. The van der Waals surface area contributed by atoms with Crippen molar-refractivity contribution < 1.29 is 9.66 Å². The summed E-state index contributed by atoms with van der Waals surface area (Å²) in [7, 11) is 1.49. The quantitative estimate of drug-likeness (QED) is 0.577. The maximum absolute atomic E-state index is 10.5. The van der Waals surface area contributed by atoms with Crippen LogP contribution in [0.2, 0.25) is 0 Å². The number of nitro benzene ring substituents is 1. The van der Waals surface area contributed by atoms with Gasteiger partial charge in [-0.25, -0.2) is 0 Å². The van der Waals surface area contributed by atoms with E-state index >= 15 is 0 Å². The van der Waals surface area contributed by atoms with Crippen LogP contribution in [0.3, 0.4) is 0 Å². The summed E-state index contributed by atoms with van der Waals surface area (Å²) in [6, 6.07) is 4.53. The summed E-state index contributed by atoms with van der Waals surface area (Å²) in [5, 5.41) is 10.5. The number of benzene rings is 1. The van der Waals surface area contributed by atoms with Gasteiger partial charge in [0.15, 0.2) is 0 Å². The predicted molar refractivity (Wildman–Crippen MR) is 52.4 cm³/mol. The smallest absolute Gasteiger partial charge is 0.273 e. The van der Waals surface area contributed by atoms with E-state index in [0.717, 1.165) is 5.56 Å². The summed E-state index contributed by atoms with van der Waals surface area (Å²) in [4.78, 5) is 10.0. The summed E-state index contributed by atoms with van der Waals surface area (Å²) in [6.07, 6.45) is 0.654. The number of hydrogen-bond acceptors (Lipinski definition) is 4. The minimum absolute atomic E-state index is 0.0302. The van der Waals surface area contributed by atoms with Crippen molar-refractivity contribution in [1.82, 2.24) is 0 Å². The lowest BCUT2D eigenvalue weighted by Gasteiger charge is -2.06. The van der Waals surface area contributed by atoms with Crippen molar-refractivity contribution >= 4 is 5.69 Å². The monoisotopic (exact) mass is 196 g/mol. The second kappa shape index (κ2) is 4.57. The molecule has 5 heteroatoms. The zero-order valence-electron chi connectivity index (χ0n) is 7.90. The van der Waals surface area contributed by atoms with E-state index in [1.165, 1.54) is 19.2 Å². The second-order valence-corrected chi connectivity index (χ2v) is 2.79. The molecule has 0 heterocycles. The van der Waals surface area contributed by atoms with Crippen LogP contribution in [0.5, 0.6) is 5.75 Å². The van der Waals surface area contributed by atoms with E-state index in [1.54, 1.807) is 6.07 Å². The molecule has 0 atom stereocenters. The molecule has 0 amide bonds. The molecule has 2 N–H and O–H groups in total. The fraction of sp³-hybridized carbons (Fsp3) is 0.333. The Kier molecular flexibility index (Phi) is 3.41. The molecule has 1 aromatic rings. The van der Waals surface area contributed by atoms with Crippen LogP contribution in [0, 0.1) is 10.1 Å². The number of nitrogens with two attached hydrogens (primary N) is 1. The summed E-state index contributed by atoms with van der Waals surface area (Å²) < 4.78 is 5.03. The van der Waals surface area contributed by atoms with E-state index < -0.39 is 4.92 Å². The van der Waals surface area contributed by atoms with Crippen LogP contribution in [-0.4, -0.2) is 18.6 Å². The van der Waals surface area contributed by atoms with E-state index in [9.17, 15) is 10.1 Å². The highest BCUT2D eigenvalue weighted by atomic mass is 16.6. The standard InChI is InChI=1S/C9H12N2O3/c1-14-9-6-8(11(12)13)3-2-7(9)4-5-10/h2-3,6H,4-5,10H2,1H3. The molecule has 0 aliphatic rings. The Morgan fingerprint density at radius 2 is 2.29 bits per heavy atom. The molecule has 5 nitrogen and oxygen atoms in total. The third-order valence-corrected chi connectivity index (χ3v) is 1.90. The summed E-state index contributed by atoms with van der Waals surface area (Å²) in [5.74, 6) is 0.518. The molecule has 14 heavy (non-hydrogen) atoms. The van der Waals surface area contributed by atoms with Gasteiger partial charge in [0.2, 0.25) is 0 Å². The lowest BCUT2D eigenvalue weighted by molar-refractivity contribution is -0.384. The molecule has 0 unspecified atom stereocenters. The van der Waals surface area contributed by atoms with Gasteiger partial charge in [-0.1, -0.05) is 0 Å². The van der Waals surface area contributed by atoms with Crippen LogP contribution in [0.15, 0.2) is 18.2 Å². The number of rotatable bonds is 4. The van der Waals surface area contributed by atoms with E-state index in [1.807, 2.05) is 0 Å². The molecule has 0 spiro atoms. The van der Waals surface area contributed by atoms with Crippen molar-refractivity contribution in [3.63, 3.8) is 0 Å². The van der Waals surface area contributed by atoms with Crippen molar-refractivity contribution in [2.75, 3.05) is 13.7 Å². The molecule has 1 aromatic carbocycles. The SMILES string of the molecule is COc1cc([N+](=O)[O-])ccc1CCN. The topological polar surface area (TPSA) is 78.4 Å². The highest BCUT2D eigenvalue weighted by Gasteiger charge is 2.10. The molecule has 0 bridgehead atoms. The van der Waals surface area contributed by atoms with Crippen molar-refractivity contribution in [2.45, 2.75) is 6.42 Å². The first kappa shape index (κ1) is 10.5. The Morgan fingerprint density at radius 3 is 2.79 bits per heavy atom. The number of nitro groups is 1. The number of non-ortho nitro benzene ring substituents is 1. The van der Waals surface area contributed by atoms with E-state index in [0.29, 0.717) is 18.7 Å². The molecule has 0 aromatic heterocycles. The van der Waals surface area contributed by atoms with Gasteiger partial charge in [0.05, 0.1) is 18.1 Å². The molecule has 0 fully saturated rings. The third-order valence-electron chi connectivity index (χ3n) is 1.90. The van der Waals surface area contributed by atoms with E-state index in [2.05, 4.69) is 0 Å². The lowest BCUT2D eigenvalue weighted by Crippen LogP contribution is -2.04. The number of nitrogens with zero attached hydrogens (tertiary/aromatic N) is 1. The van der Waals surface area contributed by atoms with Crippen molar-refractivity contribution in [3.05, 3.63) is 33.9 Å². The van der Waals surface area contributed by atoms with Crippen molar-refractivity contribution in [3.8, 4) is 5.75 Å². The molecular formula is C9H12N2O3. The second-order valence-electron chi connectivity index (χ2n) is 2.79. The van der Waals surface area contributed by atoms with E-state index in [-0.39, 0.29) is 5.69 Å². The van der Waals surface area contributed by atoms with Gasteiger partial charge in [0.25, 0.3) is 5.69 Å². The molecule has 76 valence electrons. The molecule has 1 rings (SSSR count). The Morgan fingerprint density at radius 1 is 1.57 bits per heavy atom. The highest BCUT2D eigenvalue weighted by molar-refractivity contribution is 5.44. The van der Waals surface area contributed by atoms with Gasteiger partial charge in [0, 0.05) is 6.07 Å². The maximum Gasteiger partial charge on any atom is 0.273 e. The van der Waals surface area contributed by atoms with Crippen molar-refractivity contribution in [1.29, 1.82) is 0 Å². The average Bonchev–Trinajstić information content (AvgIpc) is 2.18. The minimum atomic E-state index is -0.450. The molecule has 0 radical (unpaired) electrons. The summed E-state index contributed by atoms with van der Waals surface area (Å²) in [5.41, 5.74) is 6.31. The molecule has 0 saturated carbocycles.